The van der Waals surface area contributed by atoms with E-state index in [-0.39, 0.29) is 6.10 Å². The number of rotatable bonds is 2. The lowest BCUT2D eigenvalue weighted by Crippen LogP contribution is -2.35. The number of carbonyl (C=O) groups excluding carboxylic acids is 1. The Balaban J connectivity index is 1.99. The van der Waals surface area contributed by atoms with E-state index in [0.717, 1.165) is 18.4 Å². The van der Waals surface area contributed by atoms with Crippen LogP contribution in [0.25, 0.3) is 0 Å². The minimum Gasteiger partial charge on any atom is -0.452 e. The minimum atomic E-state index is -0.399. The fraction of sp³-hybridized carbons (Fsp3) is 0.526. The Kier molecular flexibility index (Phi) is 5.44. The van der Waals surface area contributed by atoms with Crippen molar-refractivity contribution in [2.24, 2.45) is 17.8 Å². The van der Waals surface area contributed by atoms with E-state index < -0.39 is 5.97 Å². The molecule has 0 aromatic heterocycles. The molecule has 1 fully saturated rings. The third kappa shape index (κ3) is 4.63. The van der Waals surface area contributed by atoms with Crippen LogP contribution in [0.2, 0.25) is 0 Å². The van der Waals surface area contributed by atoms with E-state index in [1.54, 1.807) is 0 Å². The second-order valence-electron chi connectivity index (χ2n) is 6.39. The molecule has 0 bridgehead atoms. The molecular weight excluding hydrogens is 260 g/mol. The first-order chi connectivity index (χ1) is 10.1. The van der Waals surface area contributed by atoms with Crippen LogP contribution in [0.1, 0.15) is 45.6 Å². The SMILES string of the molecule is CC(C)[C@H]1CC[C@@H](C)C[C@H]1OC(=O)C#Cc1ccccc1. The van der Waals surface area contributed by atoms with Crippen molar-refractivity contribution in [1.29, 1.82) is 0 Å². The zero-order valence-corrected chi connectivity index (χ0v) is 13.1. The van der Waals surface area contributed by atoms with Gasteiger partial charge in [0.2, 0.25) is 0 Å². The van der Waals surface area contributed by atoms with E-state index >= 15 is 0 Å². The molecule has 112 valence electrons. The number of ether oxygens (including phenoxy) is 1. The van der Waals surface area contributed by atoms with Gasteiger partial charge in [0.05, 0.1) is 0 Å². The first-order valence-electron chi connectivity index (χ1n) is 7.84. The normalized spacial score (nSPS) is 25.0. The third-order valence-electron chi connectivity index (χ3n) is 4.30. The molecule has 0 N–H and O–H groups in total. The molecule has 0 amide bonds. The second kappa shape index (κ2) is 7.31. The van der Waals surface area contributed by atoms with Crippen molar-refractivity contribution < 1.29 is 9.53 Å². The van der Waals surface area contributed by atoms with Crippen LogP contribution in [0, 0.1) is 29.6 Å². The van der Waals surface area contributed by atoms with Crippen LogP contribution in [-0.2, 0) is 9.53 Å². The Morgan fingerprint density at radius 1 is 1.24 bits per heavy atom. The van der Waals surface area contributed by atoms with Gasteiger partial charge in [0.15, 0.2) is 0 Å². The molecular formula is C19H24O2. The largest absolute Gasteiger partial charge is 0.452 e. The van der Waals surface area contributed by atoms with Crippen molar-refractivity contribution in [3.8, 4) is 11.8 Å². The van der Waals surface area contributed by atoms with Gasteiger partial charge in [0.25, 0.3) is 0 Å². The highest BCUT2D eigenvalue weighted by atomic mass is 16.5. The van der Waals surface area contributed by atoms with Crippen LogP contribution >= 0.6 is 0 Å². The Labute approximate surface area is 127 Å². The lowest BCUT2D eigenvalue weighted by Gasteiger charge is -2.36. The van der Waals surface area contributed by atoms with Gasteiger partial charge in [-0.05, 0) is 42.7 Å². The highest BCUT2D eigenvalue weighted by Crippen LogP contribution is 2.35. The summed E-state index contributed by atoms with van der Waals surface area (Å²) in [5.74, 6) is 6.70. The quantitative estimate of drug-likeness (QED) is 0.605. The molecule has 0 saturated heterocycles. The summed E-state index contributed by atoms with van der Waals surface area (Å²) in [5.41, 5.74) is 0.840. The van der Waals surface area contributed by atoms with Gasteiger partial charge in [0, 0.05) is 11.5 Å². The Hall–Kier alpha value is -1.75. The first-order valence-corrected chi connectivity index (χ1v) is 7.84. The zero-order chi connectivity index (χ0) is 15.2. The van der Waals surface area contributed by atoms with Gasteiger partial charge in [0.1, 0.15) is 6.10 Å². The van der Waals surface area contributed by atoms with Gasteiger partial charge in [-0.2, -0.15) is 0 Å². The predicted molar refractivity (Wildman–Crippen MR) is 84.5 cm³/mol. The molecule has 1 aliphatic carbocycles. The van der Waals surface area contributed by atoms with Crippen molar-refractivity contribution in [2.75, 3.05) is 0 Å². The molecule has 1 saturated carbocycles. The van der Waals surface area contributed by atoms with E-state index in [1.165, 1.54) is 6.42 Å². The van der Waals surface area contributed by atoms with Gasteiger partial charge in [-0.15, -0.1) is 0 Å². The number of carbonyl (C=O) groups is 1. The van der Waals surface area contributed by atoms with Crippen LogP contribution in [0.15, 0.2) is 30.3 Å². The van der Waals surface area contributed by atoms with Gasteiger partial charge in [-0.25, -0.2) is 4.79 Å². The molecule has 0 heterocycles. The monoisotopic (exact) mass is 284 g/mol. The summed E-state index contributed by atoms with van der Waals surface area (Å²) in [5, 5.41) is 0. The molecule has 1 aliphatic rings. The molecule has 2 heteroatoms. The van der Waals surface area contributed by atoms with Crippen LogP contribution < -0.4 is 0 Å². The van der Waals surface area contributed by atoms with Gasteiger partial charge in [-0.3, -0.25) is 0 Å². The van der Waals surface area contributed by atoms with Crippen molar-refractivity contribution in [2.45, 2.75) is 46.1 Å². The number of esters is 1. The maximum atomic E-state index is 12.0. The lowest BCUT2D eigenvalue weighted by molar-refractivity contribution is -0.148. The lowest BCUT2D eigenvalue weighted by atomic mass is 9.75. The average molecular weight is 284 g/mol. The fourth-order valence-corrected chi connectivity index (χ4v) is 3.06. The van der Waals surface area contributed by atoms with E-state index in [9.17, 15) is 4.79 Å². The van der Waals surface area contributed by atoms with Crippen LogP contribution in [0.5, 0.6) is 0 Å². The number of hydrogen-bond donors (Lipinski definition) is 0. The summed E-state index contributed by atoms with van der Waals surface area (Å²) in [6, 6.07) is 9.53. The highest BCUT2D eigenvalue weighted by Gasteiger charge is 2.33. The minimum absolute atomic E-state index is 0.0197. The summed E-state index contributed by atoms with van der Waals surface area (Å²) in [6.07, 6.45) is 3.35. The number of benzene rings is 1. The molecule has 0 spiro atoms. The first kappa shape index (κ1) is 15.6. The number of hydrogen-bond acceptors (Lipinski definition) is 2. The molecule has 1 aromatic carbocycles. The molecule has 1 aromatic rings. The van der Waals surface area contributed by atoms with Gasteiger partial charge in [-0.1, -0.05) is 51.3 Å². The smallest absolute Gasteiger partial charge is 0.384 e. The third-order valence-corrected chi connectivity index (χ3v) is 4.30. The Morgan fingerprint density at radius 2 is 1.95 bits per heavy atom. The molecule has 0 aliphatic heterocycles. The van der Waals surface area contributed by atoms with Crippen LogP contribution in [0.4, 0.5) is 0 Å². The van der Waals surface area contributed by atoms with Crippen LogP contribution in [-0.4, -0.2) is 12.1 Å². The maximum absolute atomic E-state index is 12.0. The summed E-state index contributed by atoms with van der Waals surface area (Å²) in [4.78, 5) is 12.0. The standard InChI is InChI=1S/C19H24O2/c1-14(2)17-11-9-15(3)13-18(17)21-19(20)12-10-16-7-5-4-6-8-16/h4-8,14-15,17-18H,9,11,13H2,1-3H3/t15-,17-,18-/m1/s1. The Morgan fingerprint density at radius 3 is 2.62 bits per heavy atom. The fourth-order valence-electron chi connectivity index (χ4n) is 3.06. The predicted octanol–water partition coefficient (Wildman–Crippen LogP) is 4.04. The molecule has 0 radical (unpaired) electrons. The van der Waals surface area contributed by atoms with Crippen molar-refractivity contribution in [1.82, 2.24) is 0 Å². The van der Waals surface area contributed by atoms with E-state index in [2.05, 4.69) is 32.6 Å². The van der Waals surface area contributed by atoms with Gasteiger partial charge < -0.3 is 4.74 Å². The molecule has 2 nitrogen and oxygen atoms in total. The molecule has 2 rings (SSSR count). The van der Waals surface area contributed by atoms with Crippen molar-refractivity contribution in [3.63, 3.8) is 0 Å². The zero-order valence-electron chi connectivity index (χ0n) is 13.1. The molecule has 3 atom stereocenters. The maximum Gasteiger partial charge on any atom is 0.384 e. The summed E-state index contributed by atoms with van der Waals surface area (Å²) in [6.45, 7) is 6.64. The highest BCUT2D eigenvalue weighted by molar-refractivity contribution is 5.89. The average Bonchev–Trinajstić information content (AvgIpc) is 2.46. The van der Waals surface area contributed by atoms with Crippen molar-refractivity contribution >= 4 is 5.97 Å². The molecule has 0 unspecified atom stereocenters. The van der Waals surface area contributed by atoms with E-state index in [0.29, 0.717) is 17.8 Å². The summed E-state index contributed by atoms with van der Waals surface area (Å²) >= 11 is 0. The second-order valence-corrected chi connectivity index (χ2v) is 6.39. The van der Waals surface area contributed by atoms with Crippen LogP contribution in [0.3, 0.4) is 0 Å². The van der Waals surface area contributed by atoms with Gasteiger partial charge >= 0.3 is 5.97 Å². The van der Waals surface area contributed by atoms with E-state index in [1.807, 2.05) is 30.3 Å². The van der Waals surface area contributed by atoms with Crippen molar-refractivity contribution in [3.05, 3.63) is 35.9 Å². The summed E-state index contributed by atoms with van der Waals surface area (Å²) < 4.78 is 5.64. The van der Waals surface area contributed by atoms with E-state index in [4.69, 9.17) is 4.74 Å². The molecule has 21 heavy (non-hydrogen) atoms. The topological polar surface area (TPSA) is 26.3 Å². The summed E-state index contributed by atoms with van der Waals surface area (Å²) in [7, 11) is 0. The Bertz CT molecular complexity index is 521.